The van der Waals surface area contributed by atoms with Gasteiger partial charge in [-0.1, -0.05) is 12.1 Å². The number of fused-ring (bicyclic) bond motifs is 2. The van der Waals surface area contributed by atoms with Crippen LogP contribution in [0.3, 0.4) is 0 Å². The summed E-state index contributed by atoms with van der Waals surface area (Å²) < 4.78 is 18.8. The second-order valence-corrected chi connectivity index (χ2v) is 7.48. The van der Waals surface area contributed by atoms with Crippen LogP contribution in [0.5, 0.6) is 5.75 Å². The lowest BCUT2D eigenvalue weighted by molar-refractivity contribution is 0.415. The summed E-state index contributed by atoms with van der Waals surface area (Å²) in [6, 6.07) is 14.1. The highest BCUT2D eigenvalue weighted by Crippen LogP contribution is 2.35. The summed E-state index contributed by atoms with van der Waals surface area (Å²) in [6.45, 7) is 1.20. The monoisotopic (exact) mass is 378 g/mol. The maximum atomic E-state index is 11.7. The highest BCUT2D eigenvalue weighted by molar-refractivity contribution is 7.80. The second kappa shape index (κ2) is 7.08. The van der Waals surface area contributed by atoms with E-state index >= 15 is 0 Å². The Bertz CT molecular complexity index is 1110. The molecule has 1 atom stereocenters. The zero-order valence-electron chi connectivity index (χ0n) is 14.8. The van der Waals surface area contributed by atoms with Crippen LogP contribution in [0.4, 0.5) is 0 Å². The lowest BCUT2D eigenvalue weighted by Gasteiger charge is -2.26. The van der Waals surface area contributed by atoms with Crippen molar-refractivity contribution in [3.05, 3.63) is 59.3 Å². The quantitative estimate of drug-likeness (QED) is 0.758. The minimum absolute atomic E-state index is 0.505. The van der Waals surface area contributed by atoms with Crippen LogP contribution in [-0.4, -0.2) is 27.2 Å². The molecule has 0 bridgehead atoms. The molecule has 1 unspecified atom stereocenters. The third-order valence-electron chi connectivity index (χ3n) is 4.92. The van der Waals surface area contributed by atoms with Gasteiger partial charge in [0.2, 0.25) is 0 Å². The van der Waals surface area contributed by atoms with E-state index in [1.165, 1.54) is 5.56 Å². The van der Waals surface area contributed by atoms with Crippen LogP contribution < -0.4 is 9.88 Å². The predicted molar refractivity (Wildman–Crippen MR) is 105 cm³/mol. The van der Waals surface area contributed by atoms with E-state index in [1.807, 2.05) is 24.3 Å². The summed E-state index contributed by atoms with van der Waals surface area (Å²) in [5, 5.41) is 16.1. The molecule has 0 saturated carbocycles. The molecule has 0 radical (unpaired) electrons. The van der Waals surface area contributed by atoms with Gasteiger partial charge in [-0.05, 0) is 47.4 Å². The second-order valence-electron chi connectivity index (χ2n) is 6.41. The molecule has 2 heterocycles. The van der Waals surface area contributed by atoms with E-state index in [2.05, 4.69) is 23.2 Å². The van der Waals surface area contributed by atoms with Gasteiger partial charge in [0.05, 0.1) is 18.2 Å². The van der Waals surface area contributed by atoms with E-state index in [-0.39, 0.29) is 0 Å². The van der Waals surface area contributed by atoms with Crippen molar-refractivity contribution in [3.8, 4) is 22.9 Å². The van der Waals surface area contributed by atoms with E-state index in [0.29, 0.717) is 24.4 Å². The van der Waals surface area contributed by atoms with Crippen LogP contribution in [0, 0.1) is 11.3 Å². The largest absolute Gasteiger partial charge is 0.497 e. The summed E-state index contributed by atoms with van der Waals surface area (Å²) >= 11 is -1.49. The van der Waals surface area contributed by atoms with Crippen molar-refractivity contribution in [2.45, 2.75) is 13.0 Å². The fourth-order valence-electron chi connectivity index (χ4n) is 3.53. The zero-order valence-corrected chi connectivity index (χ0v) is 15.6. The number of hydrogen-bond donors (Lipinski definition) is 1. The maximum absolute atomic E-state index is 11.7. The van der Waals surface area contributed by atoms with Crippen molar-refractivity contribution in [1.29, 1.82) is 5.26 Å². The molecule has 2 N–H and O–H groups in total. The fraction of sp³-hybridized carbons (Fsp3) is 0.200. The van der Waals surface area contributed by atoms with Gasteiger partial charge in [0.1, 0.15) is 11.8 Å². The SMILES string of the molecule is COc1ccc2ncc(C#N)c(-c3ccc4c(c3)CN(S(N)=O)CC4)c2c1. The van der Waals surface area contributed by atoms with Crippen molar-refractivity contribution in [2.24, 2.45) is 5.14 Å². The number of hydrogen-bond acceptors (Lipinski definition) is 4. The van der Waals surface area contributed by atoms with Gasteiger partial charge in [-0.2, -0.15) is 5.26 Å². The molecule has 0 saturated heterocycles. The first-order chi connectivity index (χ1) is 13.1. The first kappa shape index (κ1) is 17.6. The molecule has 6 nitrogen and oxygen atoms in total. The number of methoxy groups -OCH3 is 1. The molecular weight excluding hydrogens is 360 g/mol. The zero-order chi connectivity index (χ0) is 19.0. The van der Waals surface area contributed by atoms with Gasteiger partial charge in [-0.15, -0.1) is 0 Å². The molecule has 7 heteroatoms. The Hall–Kier alpha value is -2.79. The number of ether oxygens (including phenoxy) is 1. The topological polar surface area (TPSA) is 92.2 Å². The Kier molecular flexibility index (Phi) is 4.62. The van der Waals surface area contributed by atoms with E-state index in [4.69, 9.17) is 9.88 Å². The van der Waals surface area contributed by atoms with Crippen molar-refractivity contribution < 1.29 is 8.95 Å². The predicted octanol–water partition coefficient (Wildman–Crippen LogP) is 2.68. The van der Waals surface area contributed by atoms with Gasteiger partial charge in [-0.25, -0.2) is 13.7 Å². The molecule has 1 aromatic heterocycles. The normalized spacial score (nSPS) is 15.1. The first-order valence-electron chi connectivity index (χ1n) is 8.51. The first-order valence-corrected chi connectivity index (χ1v) is 9.68. The summed E-state index contributed by atoms with van der Waals surface area (Å²) in [5.74, 6) is 0.711. The van der Waals surface area contributed by atoms with Gasteiger partial charge in [-0.3, -0.25) is 4.98 Å². The van der Waals surface area contributed by atoms with E-state index < -0.39 is 11.2 Å². The summed E-state index contributed by atoms with van der Waals surface area (Å²) in [7, 11) is 1.61. The van der Waals surface area contributed by atoms with Crippen molar-refractivity contribution in [2.75, 3.05) is 13.7 Å². The van der Waals surface area contributed by atoms with Gasteiger partial charge in [0.25, 0.3) is 0 Å². The smallest absolute Gasteiger partial charge is 0.167 e. The molecule has 3 aromatic rings. The number of nitriles is 1. The van der Waals surface area contributed by atoms with E-state index in [0.717, 1.165) is 34.0 Å². The molecular formula is C20H18N4O2S. The van der Waals surface area contributed by atoms with Crippen LogP contribution in [0.2, 0.25) is 0 Å². The molecule has 1 aliphatic rings. The third-order valence-corrected chi connectivity index (χ3v) is 5.74. The Morgan fingerprint density at radius 2 is 2.11 bits per heavy atom. The molecule has 0 spiro atoms. The summed E-state index contributed by atoms with van der Waals surface area (Å²) in [4.78, 5) is 4.39. The van der Waals surface area contributed by atoms with Crippen molar-refractivity contribution in [3.63, 3.8) is 0 Å². The number of nitrogens with zero attached hydrogens (tertiary/aromatic N) is 3. The number of aromatic nitrogens is 1. The van der Waals surface area contributed by atoms with Gasteiger partial charge in [0, 0.05) is 30.2 Å². The molecule has 1 aliphatic heterocycles. The Balaban J connectivity index is 1.91. The lowest BCUT2D eigenvalue weighted by atomic mass is 9.92. The lowest BCUT2D eigenvalue weighted by Crippen LogP contribution is -2.35. The van der Waals surface area contributed by atoms with Crippen LogP contribution in [0.15, 0.2) is 42.6 Å². The highest BCUT2D eigenvalue weighted by Gasteiger charge is 2.20. The summed E-state index contributed by atoms with van der Waals surface area (Å²) in [6.07, 6.45) is 2.40. The van der Waals surface area contributed by atoms with Gasteiger partial charge < -0.3 is 4.74 Å². The van der Waals surface area contributed by atoms with Crippen molar-refractivity contribution >= 4 is 22.1 Å². The molecule has 2 aromatic carbocycles. The average molecular weight is 378 g/mol. The minimum Gasteiger partial charge on any atom is -0.497 e. The molecule has 136 valence electrons. The number of rotatable bonds is 3. The van der Waals surface area contributed by atoms with Crippen LogP contribution in [0.25, 0.3) is 22.0 Å². The van der Waals surface area contributed by atoms with Crippen LogP contribution in [-0.2, 0) is 24.1 Å². The molecule has 4 rings (SSSR count). The minimum atomic E-state index is -1.49. The Labute approximate surface area is 159 Å². The van der Waals surface area contributed by atoms with Crippen LogP contribution >= 0.6 is 0 Å². The third kappa shape index (κ3) is 3.19. The van der Waals surface area contributed by atoms with E-state index in [9.17, 15) is 9.47 Å². The number of pyridine rings is 1. The summed E-state index contributed by atoms with van der Waals surface area (Å²) in [5.41, 5.74) is 5.35. The fourth-order valence-corrected chi connectivity index (χ4v) is 4.07. The van der Waals surface area contributed by atoms with Gasteiger partial charge in [0.15, 0.2) is 11.2 Å². The molecule has 27 heavy (non-hydrogen) atoms. The standard InChI is InChI=1S/C20H18N4O2S/c1-26-17-4-5-19-18(9-17)20(16(10-21)11-23-19)14-3-2-13-6-7-24(27(22)25)12-15(13)8-14/h2-5,8-9,11H,6-7,12,22H2,1H3. The molecule has 0 amide bonds. The molecule has 0 fully saturated rings. The maximum Gasteiger partial charge on any atom is 0.167 e. The van der Waals surface area contributed by atoms with Gasteiger partial charge >= 0.3 is 0 Å². The van der Waals surface area contributed by atoms with Crippen LogP contribution in [0.1, 0.15) is 16.7 Å². The number of nitrogens with two attached hydrogens (primary N) is 1. The van der Waals surface area contributed by atoms with Crippen molar-refractivity contribution in [1.82, 2.24) is 9.29 Å². The molecule has 0 aliphatic carbocycles. The Morgan fingerprint density at radius 1 is 1.26 bits per heavy atom. The average Bonchev–Trinajstić information content (AvgIpc) is 2.71. The highest BCUT2D eigenvalue weighted by atomic mass is 32.2. The number of benzene rings is 2. The Morgan fingerprint density at radius 3 is 2.85 bits per heavy atom. The van der Waals surface area contributed by atoms with E-state index in [1.54, 1.807) is 17.6 Å².